The monoisotopic (exact) mass is 589 g/mol. The summed E-state index contributed by atoms with van der Waals surface area (Å²) in [5.74, 6) is -3.05. The predicted octanol–water partition coefficient (Wildman–Crippen LogP) is 2.99. The number of nitrogens with one attached hydrogen (secondary N) is 1. The van der Waals surface area contributed by atoms with E-state index in [9.17, 15) is 29.1 Å². The summed E-state index contributed by atoms with van der Waals surface area (Å²) >= 11 is 7.33. The summed E-state index contributed by atoms with van der Waals surface area (Å²) in [6.07, 6.45) is -0.00112. The Morgan fingerprint density at radius 2 is 1.88 bits per heavy atom. The van der Waals surface area contributed by atoms with Gasteiger partial charge in [-0.3, -0.25) is 19.3 Å². The van der Waals surface area contributed by atoms with Crippen molar-refractivity contribution in [2.24, 2.45) is 0 Å². The summed E-state index contributed by atoms with van der Waals surface area (Å²) in [6, 6.07) is 7.91. The van der Waals surface area contributed by atoms with Crippen LogP contribution >= 0.6 is 23.4 Å². The van der Waals surface area contributed by atoms with Crippen LogP contribution in [0.3, 0.4) is 0 Å². The van der Waals surface area contributed by atoms with Crippen LogP contribution in [0.5, 0.6) is 0 Å². The highest BCUT2D eigenvalue weighted by molar-refractivity contribution is 8.00. The Bertz CT molecular complexity index is 1400. The number of halogens is 1. The van der Waals surface area contributed by atoms with Crippen LogP contribution in [-0.2, 0) is 35.2 Å². The fraction of sp³-hybridized carbons (Fsp3) is 0.370. The Morgan fingerprint density at radius 1 is 1.18 bits per heavy atom. The molecule has 2 aliphatic heterocycles. The van der Waals surface area contributed by atoms with E-state index in [0.717, 1.165) is 10.5 Å². The summed E-state index contributed by atoms with van der Waals surface area (Å²) < 4.78 is 12.0. The first-order chi connectivity index (χ1) is 19.0. The summed E-state index contributed by atoms with van der Waals surface area (Å²) in [6.45, 7) is 4.91. The van der Waals surface area contributed by atoms with Gasteiger partial charge >= 0.3 is 17.9 Å². The fourth-order valence-corrected chi connectivity index (χ4v) is 6.10. The van der Waals surface area contributed by atoms with Crippen molar-refractivity contribution < 1.29 is 38.6 Å². The van der Waals surface area contributed by atoms with Crippen LogP contribution in [-0.4, -0.2) is 74.7 Å². The second-order valence-electron chi connectivity index (χ2n) is 9.15. The quantitative estimate of drug-likeness (QED) is 0.315. The van der Waals surface area contributed by atoms with E-state index in [1.807, 2.05) is 16.7 Å². The average molecular weight is 590 g/mol. The third kappa shape index (κ3) is 5.87. The van der Waals surface area contributed by atoms with Gasteiger partial charge in [-0.25, -0.2) is 9.59 Å². The van der Waals surface area contributed by atoms with E-state index >= 15 is 0 Å². The smallest absolute Gasteiger partial charge is 0.352 e. The zero-order valence-corrected chi connectivity index (χ0v) is 23.6. The molecule has 212 valence electrons. The molecule has 2 N–H and O–H groups in total. The van der Waals surface area contributed by atoms with Crippen molar-refractivity contribution in [2.45, 2.75) is 45.2 Å². The van der Waals surface area contributed by atoms with Crippen LogP contribution in [0.2, 0.25) is 5.02 Å². The van der Waals surface area contributed by atoms with Gasteiger partial charge in [-0.05, 0) is 37.6 Å². The predicted molar refractivity (Wildman–Crippen MR) is 147 cm³/mol. The Labute approximate surface area is 239 Å². The summed E-state index contributed by atoms with van der Waals surface area (Å²) in [4.78, 5) is 62.6. The molecule has 2 atom stereocenters. The average Bonchev–Trinajstić information content (AvgIpc) is 3.25. The highest BCUT2D eigenvalue weighted by atomic mass is 35.5. The minimum absolute atomic E-state index is 0.00112. The minimum atomic E-state index is -1.30. The number of β-lactam (4-membered cyclic amide) rings is 1. The Kier molecular flexibility index (Phi) is 8.89. The van der Waals surface area contributed by atoms with Crippen molar-refractivity contribution in [2.75, 3.05) is 19.0 Å². The van der Waals surface area contributed by atoms with Gasteiger partial charge in [-0.1, -0.05) is 23.7 Å². The lowest BCUT2D eigenvalue weighted by Crippen LogP contribution is -2.70. The third-order valence-electron chi connectivity index (χ3n) is 6.58. The molecule has 1 aromatic heterocycles. The lowest BCUT2D eigenvalue weighted by molar-refractivity contribution is -0.151. The van der Waals surface area contributed by atoms with E-state index in [0.29, 0.717) is 27.5 Å². The number of hydrogen-bond acceptors (Lipinski definition) is 8. The molecule has 2 aromatic rings. The van der Waals surface area contributed by atoms with Crippen LogP contribution in [0.25, 0.3) is 11.3 Å². The molecule has 0 unspecified atom stereocenters. The number of carbonyl (C=O) groups excluding carboxylic acids is 4. The van der Waals surface area contributed by atoms with E-state index in [4.69, 9.17) is 21.1 Å². The molecule has 40 heavy (non-hydrogen) atoms. The number of amides is 2. The van der Waals surface area contributed by atoms with Crippen molar-refractivity contribution in [1.29, 1.82) is 0 Å². The van der Waals surface area contributed by atoms with Crippen LogP contribution in [0.4, 0.5) is 0 Å². The maximum Gasteiger partial charge on any atom is 0.352 e. The first-order valence-electron chi connectivity index (χ1n) is 12.5. The molecule has 13 heteroatoms. The third-order valence-corrected chi connectivity index (χ3v) is 8.17. The highest BCUT2D eigenvalue weighted by Crippen LogP contribution is 2.40. The van der Waals surface area contributed by atoms with Crippen LogP contribution < -0.4 is 5.32 Å². The zero-order chi connectivity index (χ0) is 29.1. The van der Waals surface area contributed by atoms with E-state index in [1.165, 1.54) is 18.7 Å². The van der Waals surface area contributed by atoms with Gasteiger partial charge < -0.3 is 24.5 Å². The fourth-order valence-electron chi connectivity index (χ4n) is 4.65. The topological polar surface area (TPSA) is 144 Å². The van der Waals surface area contributed by atoms with Crippen molar-refractivity contribution in [3.63, 3.8) is 0 Å². The number of rotatable bonds is 10. The van der Waals surface area contributed by atoms with Gasteiger partial charge in [0.15, 0.2) is 0 Å². The normalized spacial score (nSPS) is 18.1. The summed E-state index contributed by atoms with van der Waals surface area (Å²) in [5.41, 5.74) is 2.61. The summed E-state index contributed by atoms with van der Waals surface area (Å²) in [5, 5.41) is 12.4. The number of fused-ring (bicyclic) bond motifs is 1. The van der Waals surface area contributed by atoms with Crippen LogP contribution in [0, 0.1) is 6.92 Å². The molecule has 1 saturated heterocycles. The number of carboxylic acids is 1. The molecule has 0 spiro atoms. The van der Waals surface area contributed by atoms with Crippen LogP contribution in [0.1, 0.15) is 36.3 Å². The van der Waals surface area contributed by atoms with Crippen molar-refractivity contribution in [3.05, 3.63) is 57.9 Å². The number of benzene rings is 1. The molecule has 3 heterocycles. The number of ether oxygens (including phenoxy) is 2. The number of carboxylic acid groups (broad SMARTS) is 1. The molecule has 1 fully saturated rings. The van der Waals surface area contributed by atoms with Gasteiger partial charge in [0.05, 0.1) is 12.2 Å². The van der Waals surface area contributed by atoms with Crippen LogP contribution in [0.15, 0.2) is 41.6 Å². The van der Waals surface area contributed by atoms with Crippen molar-refractivity contribution in [3.8, 4) is 11.3 Å². The van der Waals surface area contributed by atoms with E-state index in [1.54, 1.807) is 32.0 Å². The summed E-state index contributed by atoms with van der Waals surface area (Å²) in [7, 11) is 0. The van der Waals surface area contributed by atoms with Crippen molar-refractivity contribution in [1.82, 2.24) is 14.8 Å². The highest BCUT2D eigenvalue weighted by Gasteiger charge is 2.54. The minimum Gasteiger partial charge on any atom is -0.477 e. The number of hydrogen-bond donors (Lipinski definition) is 2. The molecule has 1 aromatic carbocycles. The molecule has 2 aliphatic rings. The van der Waals surface area contributed by atoms with Gasteiger partial charge in [0.25, 0.3) is 5.91 Å². The first kappa shape index (κ1) is 29.2. The molecule has 0 bridgehead atoms. The lowest BCUT2D eigenvalue weighted by atomic mass is 10.0. The Hall–Kier alpha value is -3.77. The zero-order valence-electron chi connectivity index (χ0n) is 22.1. The maximum atomic E-state index is 12.9. The van der Waals surface area contributed by atoms with Gasteiger partial charge in [0.1, 0.15) is 23.7 Å². The maximum absolute atomic E-state index is 12.9. The molecule has 0 radical (unpaired) electrons. The standard InChI is InChI=1S/C27H28ClN3O8S/c1-4-38-27(37)19-11-20(16-5-7-18(28)8-6-16)30(14(19)2)10-9-21(33)29-22-24(34)31-23(26(35)36)17(12-39-15(3)32)13-40-25(22)31/h5-8,11,22,25H,4,9-10,12-13H2,1-3H3,(H,29,33)(H,35,36)/t22-,25-/m1/s1. The second-order valence-corrected chi connectivity index (χ2v) is 10.7. The molecular formula is C27H28ClN3O8S. The van der Waals surface area contributed by atoms with Gasteiger partial charge in [0, 0.05) is 47.6 Å². The Morgan fingerprint density at radius 3 is 2.50 bits per heavy atom. The molecule has 11 nitrogen and oxygen atoms in total. The number of aromatic nitrogens is 1. The number of esters is 2. The van der Waals surface area contributed by atoms with Gasteiger partial charge in [-0.2, -0.15) is 0 Å². The largest absolute Gasteiger partial charge is 0.477 e. The molecule has 0 saturated carbocycles. The van der Waals surface area contributed by atoms with Gasteiger partial charge in [0.2, 0.25) is 5.91 Å². The lowest BCUT2D eigenvalue weighted by Gasteiger charge is -2.49. The van der Waals surface area contributed by atoms with Gasteiger partial charge in [-0.15, -0.1) is 11.8 Å². The van der Waals surface area contributed by atoms with E-state index in [-0.39, 0.29) is 37.6 Å². The molecule has 0 aliphatic carbocycles. The first-order valence-corrected chi connectivity index (χ1v) is 13.9. The second kappa shape index (κ2) is 12.2. The molecule has 4 rings (SSSR count). The number of aliphatic carboxylic acids is 1. The van der Waals surface area contributed by atoms with E-state index in [2.05, 4.69) is 5.32 Å². The number of nitrogens with zero attached hydrogens (tertiary/aromatic N) is 2. The SMILES string of the molecule is CCOC(=O)c1cc(-c2ccc(Cl)cc2)n(CCC(=O)N[C@@H]2C(=O)N3C(C(=O)O)=C(COC(C)=O)CS[C@H]23)c1C. The number of carbonyl (C=O) groups is 5. The molecular weight excluding hydrogens is 562 g/mol. The Balaban J connectivity index is 1.48. The van der Waals surface area contributed by atoms with E-state index < -0.39 is 41.1 Å². The molecule has 2 amide bonds. The van der Waals surface area contributed by atoms with Crippen molar-refractivity contribution >= 4 is 53.1 Å². The number of thioether (sulfide) groups is 1.